The number of ether oxygens (including phenoxy) is 11. The Morgan fingerprint density at radius 1 is 0.596 bits per heavy atom. The van der Waals surface area contributed by atoms with Crippen molar-refractivity contribution in [2.45, 2.75) is 160 Å². The van der Waals surface area contributed by atoms with Gasteiger partial charge in [-0.15, -0.1) is 0 Å². The van der Waals surface area contributed by atoms with Crippen LogP contribution in [0.25, 0.3) is 0 Å². The first-order chi connectivity index (χ1) is 41.5. The molecule has 0 saturated carbocycles. The average Bonchev–Trinajstić information content (AvgIpc) is 1.02. The molecular formula is C42H67N2O42P3. The number of aliphatic hydroxyl groups is 10. The Labute approximate surface area is 498 Å². The summed E-state index contributed by atoms with van der Waals surface area (Å²) < 4.78 is 110. The van der Waals surface area contributed by atoms with Gasteiger partial charge in [0.05, 0.1) is 77.7 Å². The van der Waals surface area contributed by atoms with Crippen LogP contribution in [0.4, 0.5) is 0 Å². The predicted molar refractivity (Wildman–Crippen MR) is 265 cm³/mol. The molecule has 512 valence electrons. The molecule has 4 fully saturated rings. The molecular weight excluding hydrogens is 1300 g/mol. The molecule has 19 N–H and O–H groups in total. The van der Waals surface area contributed by atoms with Crippen molar-refractivity contribution in [1.29, 1.82) is 0 Å². The first-order valence-corrected chi connectivity index (χ1v) is 30.3. The van der Waals surface area contributed by atoms with Crippen LogP contribution in [0.5, 0.6) is 0 Å². The van der Waals surface area contributed by atoms with E-state index in [-0.39, 0.29) is 12.9 Å². The first kappa shape index (κ1) is 76.9. The Bertz CT molecular complexity index is 2540. The van der Waals surface area contributed by atoms with Gasteiger partial charge >= 0.3 is 47.3 Å². The van der Waals surface area contributed by atoms with Gasteiger partial charge in [0.25, 0.3) is 24.5 Å². The van der Waals surface area contributed by atoms with Crippen LogP contribution in [0.2, 0.25) is 0 Å². The fraction of sp³-hybridized carbons (Fsp3) is 0.810. The average molecular weight is 1360 g/mol. The Morgan fingerprint density at radius 2 is 1.11 bits per heavy atom. The van der Waals surface area contributed by atoms with Gasteiger partial charge < -0.3 is 148 Å². The van der Waals surface area contributed by atoms with Gasteiger partial charge in [-0.25, -0.2) is 23.3 Å². The molecule has 89 heavy (non-hydrogen) atoms. The highest BCUT2D eigenvalue weighted by molar-refractivity contribution is 7.60. The van der Waals surface area contributed by atoms with Crippen LogP contribution < -0.4 is 10.6 Å². The summed E-state index contributed by atoms with van der Waals surface area (Å²) in [6, 6.07) is -4.61. The number of rotatable bonds is 36. The van der Waals surface area contributed by atoms with Gasteiger partial charge in [-0.05, 0) is 0 Å². The molecule has 2 amide bonds. The van der Waals surface area contributed by atoms with E-state index in [0.29, 0.717) is 0 Å². The van der Waals surface area contributed by atoms with Crippen LogP contribution in [-0.2, 0) is 118 Å². The molecule has 0 aromatic carbocycles. The van der Waals surface area contributed by atoms with E-state index in [0.717, 1.165) is 0 Å². The molecule has 4 aliphatic rings. The van der Waals surface area contributed by atoms with Gasteiger partial charge in [-0.3, -0.25) is 37.8 Å². The number of aliphatic carboxylic acids is 2. The van der Waals surface area contributed by atoms with E-state index in [9.17, 15) is 138 Å². The zero-order chi connectivity index (χ0) is 67.0. The summed E-state index contributed by atoms with van der Waals surface area (Å²) in [5.41, 5.74) is 0. The van der Waals surface area contributed by atoms with Crippen molar-refractivity contribution >= 4 is 72.1 Å². The van der Waals surface area contributed by atoms with Gasteiger partial charge in [-0.1, -0.05) is 0 Å². The molecule has 0 radical (unpaired) electrons. The molecule has 4 rings (SSSR count). The van der Waals surface area contributed by atoms with Crippen molar-refractivity contribution in [1.82, 2.24) is 10.6 Å². The molecule has 0 spiro atoms. The second-order valence-corrected chi connectivity index (χ2v) is 23.3. The third-order valence-corrected chi connectivity index (χ3v) is 15.6. The largest absolute Gasteiger partial charge is 0.483 e. The Morgan fingerprint density at radius 3 is 1.65 bits per heavy atom. The molecule has 0 bridgehead atoms. The number of carboxylic acid groups (broad SMARTS) is 2. The molecule has 21 atom stereocenters. The summed E-state index contributed by atoms with van der Waals surface area (Å²) in [6.45, 7) is -9.41. The highest BCUT2D eigenvalue weighted by atomic mass is 31.3. The topological polar surface area (TPSA) is 685 Å². The fourth-order valence-corrected chi connectivity index (χ4v) is 11.3. The lowest BCUT2D eigenvalue weighted by molar-refractivity contribution is -0.378. The van der Waals surface area contributed by atoms with Crippen molar-refractivity contribution in [2.75, 3.05) is 52.9 Å². The summed E-state index contributed by atoms with van der Waals surface area (Å²) in [5.74, 6) is -16.9. The van der Waals surface area contributed by atoms with E-state index >= 15 is 0 Å². The maximum Gasteiger partial charge on any atom is 0.483 e. The lowest BCUT2D eigenvalue weighted by atomic mass is 9.90. The minimum Gasteiger partial charge on any atom is -0.477 e. The molecule has 4 heterocycles. The SMILES string of the molecule is O=COCCC(=O)N[C@H]1[C@H](OC[C@H]2O[C@H](OP(=O)(O)OP(=O)(O)O)[C@H](NC(=O)CCO)[C@@H](OC(=O)CCO)[C@@H]2O)O[C@H](CO[C@]2(C(=O)O)C[C@@H](O[C@]3(C(=O)O)C[C@@H](O)[C@@H](O)[C@@H]([C@H](O)CO)O3)[C@@H](O)[C@@H]([C@H](O)CO)O2)[C@@H](OP(=O)(O)O)[C@@H]1OC(=O)CCOC=O. The quantitative estimate of drug-likeness (QED) is 0.00911. The van der Waals surface area contributed by atoms with Crippen molar-refractivity contribution in [3.63, 3.8) is 0 Å². The third-order valence-electron chi connectivity index (χ3n) is 13.0. The van der Waals surface area contributed by atoms with Crippen LogP contribution in [0.1, 0.15) is 38.5 Å². The van der Waals surface area contributed by atoms with Gasteiger partial charge in [0.15, 0.2) is 24.8 Å². The van der Waals surface area contributed by atoms with E-state index in [4.69, 9.17) is 51.7 Å². The van der Waals surface area contributed by atoms with Gasteiger partial charge in [0.2, 0.25) is 11.8 Å². The molecule has 4 aliphatic heterocycles. The summed E-state index contributed by atoms with van der Waals surface area (Å²) in [7, 11) is -18.3. The van der Waals surface area contributed by atoms with Gasteiger partial charge in [-0.2, -0.15) is 4.31 Å². The molecule has 1 unspecified atom stereocenters. The van der Waals surface area contributed by atoms with E-state index in [1.54, 1.807) is 0 Å². The molecule has 0 aromatic heterocycles. The molecule has 4 saturated heterocycles. The monoisotopic (exact) mass is 1360 g/mol. The van der Waals surface area contributed by atoms with Crippen LogP contribution in [-0.4, -0.2) is 309 Å². The molecule has 44 nitrogen and oxygen atoms in total. The number of hydrogen-bond acceptors (Lipinski definition) is 35. The number of amides is 2. The second kappa shape index (κ2) is 33.9. The van der Waals surface area contributed by atoms with E-state index in [1.807, 2.05) is 5.32 Å². The minimum absolute atomic E-state index is 0.119. The number of carbonyl (C=O) groups excluding carboxylic acids is 6. The van der Waals surface area contributed by atoms with Crippen LogP contribution in [0.15, 0.2) is 0 Å². The second-order valence-electron chi connectivity index (χ2n) is 19.3. The number of esters is 2. The summed E-state index contributed by atoms with van der Waals surface area (Å²) in [6.07, 6.45) is -45.1. The van der Waals surface area contributed by atoms with Crippen molar-refractivity contribution in [3.8, 4) is 0 Å². The van der Waals surface area contributed by atoms with Crippen LogP contribution >= 0.6 is 23.5 Å². The van der Waals surface area contributed by atoms with Crippen molar-refractivity contribution in [2.24, 2.45) is 0 Å². The Balaban J connectivity index is 1.94. The maximum atomic E-state index is 13.6. The minimum atomic E-state index is -6.16. The number of phosphoric ester groups is 2. The van der Waals surface area contributed by atoms with E-state index < -0.39 is 272 Å². The van der Waals surface area contributed by atoms with Crippen LogP contribution in [0.3, 0.4) is 0 Å². The fourth-order valence-electron chi connectivity index (χ4n) is 9.03. The highest BCUT2D eigenvalue weighted by Crippen LogP contribution is 2.59. The first-order valence-electron chi connectivity index (χ1n) is 25.7. The highest BCUT2D eigenvalue weighted by Gasteiger charge is 2.62. The molecule has 0 aliphatic carbocycles. The predicted octanol–water partition coefficient (Wildman–Crippen LogP) is -10.5. The third kappa shape index (κ3) is 21.8. The smallest absolute Gasteiger partial charge is 0.477 e. The van der Waals surface area contributed by atoms with Gasteiger partial charge in [0.1, 0.15) is 79.7 Å². The van der Waals surface area contributed by atoms with Crippen molar-refractivity contribution < 1.29 is 203 Å². The standard InChI is InChI=1S/C42H67N2O42P3/c45-5-1-23(54)43-27-35(79-25(56)2-6-46)31(60)21(77-38(27)85-89(71,72)86-88(68,69)70)13-75-37-28(44-24(55)3-7-73-15-49)36(80-26(57)4-8-74-16-50)34(84-87(65,66)67)22(78-37)14-76-41(39(61)62)10-20(30(59)33(82-41)19(53)12-48)81-42(40(63)64)9-17(51)29(58)32(83-42)18(52)11-47/h15-22,27-38,45-48,51-53,58-60H,1-14H2,(H,43,54)(H,44,55)(H,61,62)(H,63,64)(H,71,72)(H2,65,66,67)(H2,68,69,70)/t17-,18-,19-,20-,21-,22-,27-,28-,29-,30-,31-,32-,33-,34-,35-,36-,37-,38-,41-,42-/m1/s1. The van der Waals surface area contributed by atoms with Crippen molar-refractivity contribution in [3.05, 3.63) is 0 Å². The Hall–Kier alpha value is -4.55. The molecule has 47 heteroatoms. The zero-order valence-corrected chi connectivity index (χ0v) is 48.3. The zero-order valence-electron chi connectivity index (χ0n) is 45.6. The molecule has 0 aromatic rings. The lowest BCUT2D eigenvalue weighted by Crippen LogP contribution is -2.69. The Kier molecular flexibility index (Phi) is 29.3. The number of hydrogen-bond donors (Lipinski definition) is 19. The van der Waals surface area contributed by atoms with Crippen LogP contribution in [0, 0.1) is 0 Å². The summed E-state index contributed by atoms with van der Waals surface area (Å²) >= 11 is 0. The van der Waals surface area contributed by atoms with E-state index in [2.05, 4.69) is 19.1 Å². The number of phosphoric acid groups is 3. The number of aliphatic hydroxyl groups excluding tert-OH is 10. The summed E-state index contributed by atoms with van der Waals surface area (Å²) in [5, 5.41) is 130. The maximum absolute atomic E-state index is 13.6. The number of carbonyl (C=O) groups is 8. The lowest BCUT2D eigenvalue weighted by Gasteiger charge is -2.50. The van der Waals surface area contributed by atoms with Gasteiger partial charge in [0, 0.05) is 19.3 Å². The number of nitrogens with one attached hydrogen (secondary N) is 2. The van der Waals surface area contributed by atoms with E-state index in [1.165, 1.54) is 0 Å². The normalized spacial score (nSPS) is 33.9. The summed E-state index contributed by atoms with van der Waals surface area (Å²) in [4.78, 5) is 151. The number of carboxylic acids is 2.